The van der Waals surface area contributed by atoms with Crippen LogP contribution in [0.15, 0.2) is 17.2 Å². The molecule has 0 radical (unpaired) electrons. The van der Waals surface area contributed by atoms with Crippen molar-refractivity contribution in [2.75, 3.05) is 61.6 Å². The molecular formula is C21H22F6N8O4. The summed E-state index contributed by atoms with van der Waals surface area (Å²) in [6.07, 6.45) is -8.26. The minimum atomic E-state index is -4.88. The molecule has 12 nitrogen and oxygen atoms in total. The number of hydrogen-bond donors (Lipinski definition) is 2. The molecule has 2 aliphatic heterocycles. The number of carbonyl (C=O) groups excluding carboxylic acids is 2. The molecule has 0 aromatic carbocycles. The molecule has 1 fully saturated rings. The number of nitrogens with one attached hydrogen (secondary N) is 2. The molecule has 2 aromatic rings. The van der Waals surface area contributed by atoms with Crippen molar-refractivity contribution in [1.82, 2.24) is 25.1 Å². The molecule has 2 aromatic heterocycles. The van der Waals surface area contributed by atoms with E-state index in [1.807, 2.05) is 0 Å². The summed E-state index contributed by atoms with van der Waals surface area (Å²) < 4.78 is 83.6. The van der Waals surface area contributed by atoms with Crippen LogP contribution in [-0.4, -0.2) is 89.4 Å². The fourth-order valence-electron chi connectivity index (χ4n) is 4.23. The highest BCUT2D eigenvalue weighted by Gasteiger charge is 2.44. The van der Waals surface area contributed by atoms with Crippen LogP contribution in [-0.2, 0) is 26.7 Å². The first kappa shape index (κ1) is 28.1. The van der Waals surface area contributed by atoms with E-state index < -0.39 is 46.8 Å². The van der Waals surface area contributed by atoms with Gasteiger partial charge in [0.1, 0.15) is 11.6 Å². The van der Waals surface area contributed by atoms with Crippen molar-refractivity contribution in [3.8, 4) is 0 Å². The van der Waals surface area contributed by atoms with Gasteiger partial charge in [-0.1, -0.05) is 0 Å². The molecule has 1 atom stereocenters. The lowest BCUT2D eigenvalue weighted by molar-refractivity contribution is -0.141. The Hall–Kier alpha value is -3.96. The van der Waals surface area contributed by atoms with Gasteiger partial charge in [-0.2, -0.15) is 31.4 Å². The van der Waals surface area contributed by atoms with Crippen LogP contribution in [0.3, 0.4) is 0 Å². The summed E-state index contributed by atoms with van der Waals surface area (Å²) in [5.74, 6) is -0.989. The second-order valence-corrected chi connectivity index (χ2v) is 8.62. The number of hydrogen-bond acceptors (Lipinski definition) is 9. The molecule has 4 rings (SSSR count). The lowest BCUT2D eigenvalue weighted by atomic mass is 10.1. The van der Waals surface area contributed by atoms with Crippen LogP contribution in [0.4, 0.5) is 43.7 Å². The lowest BCUT2D eigenvalue weighted by Gasteiger charge is -2.46. The molecule has 0 bridgehead atoms. The largest absolute Gasteiger partial charge is 0.434 e. The number of anilines is 3. The van der Waals surface area contributed by atoms with E-state index in [9.17, 15) is 40.7 Å². The first-order chi connectivity index (χ1) is 18.3. The molecule has 0 saturated carbocycles. The highest BCUT2D eigenvalue weighted by Crippen LogP contribution is 2.37. The van der Waals surface area contributed by atoms with Crippen molar-refractivity contribution < 1.29 is 40.7 Å². The van der Waals surface area contributed by atoms with Gasteiger partial charge < -0.3 is 19.9 Å². The number of H-pyrrole nitrogens is 1. The van der Waals surface area contributed by atoms with Crippen LogP contribution < -0.4 is 20.7 Å². The number of carbonyl (C=O) groups is 2. The maximum atomic E-state index is 13.1. The van der Waals surface area contributed by atoms with E-state index in [0.717, 1.165) is 11.1 Å². The quantitative estimate of drug-likeness (QED) is 0.374. The Morgan fingerprint density at radius 2 is 1.85 bits per heavy atom. The predicted octanol–water partition coefficient (Wildman–Crippen LogP) is 1.11. The van der Waals surface area contributed by atoms with Crippen molar-refractivity contribution >= 4 is 29.1 Å². The van der Waals surface area contributed by atoms with Crippen molar-refractivity contribution in [2.45, 2.75) is 24.8 Å². The third-order valence-electron chi connectivity index (χ3n) is 6.13. The van der Waals surface area contributed by atoms with Gasteiger partial charge in [0, 0.05) is 26.7 Å². The third-order valence-corrected chi connectivity index (χ3v) is 6.13. The number of aromatic nitrogens is 4. The number of fused-ring (bicyclic) bond motifs is 3. The van der Waals surface area contributed by atoms with Gasteiger partial charge in [-0.3, -0.25) is 19.3 Å². The Bertz CT molecular complexity index is 1300. The molecule has 1 saturated heterocycles. The van der Waals surface area contributed by atoms with Gasteiger partial charge >= 0.3 is 12.4 Å². The number of alkyl halides is 6. The van der Waals surface area contributed by atoms with Crippen molar-refractivity contribution in [3.63, 3.8) is 0 Å². The number of piperazine rings is 1. The number of nitrogens with zero attached hydrogens (tertiary/aromatic N) is 6. The fourth-order valence-corrected chi connectivity index (χ4v) is 4.23. The van der Waals surface area contributed by atoms with Gasteiger partial charge in [0.15, 0.2) is 17.3 Å². The van der Waals surface area contributed by atoms with Gasteiger partial charge in [0.05, 0.1) is 44.3 Å². The minimum Gasteiger partial charge on any atom is -0.381 e. The van der Waals surface area contributed by atoms with Crippen molar-refractivity contribution in [1.29, 1.82) is 0 Å². The van der Waals surface area contributed by atoms with Gasteiger partial charge in [0.2, 0.25) is 5.91 Å². The van der Waals surface area contributed by atoms with E-state index in [4.69, 9.17) is 4.74 Å². The molecule has 18 heteroatoms. The topological polar surface area (TPSA) is 137 Å². The highest BCUT2D eigenvalue weighted by molar-refractivity contribution is 6.04. The SMILES string of the molecule is CN1C(=O)C2CN(C(=O)CCOCCNc3cn[nH]c(=O)c3C(F)(F)F)CCN2c2ncc(C(F)(F)F)nc21. The summed E-state index contributed by atoms with van der Waals surface area (Å²) in [5, 5.41) is 7.49. The van der Waals surface area contributed by atoms with Gasteiger partial charge in [0.25, 0.3) is 11.5 Å². The second-order valence-electron chi connectivity index (χ2n) is 8.62. The maximum absolute atomic E-state index is 13.1. The molecule has 1 unspecified atom stereocenters. The summed E-state index contributed by atoms with van der Waals surface area (Å²) in [7, 11) is 1.29. The Morgan fingerprint density at radius 3 is 2.54 bits per heavy atom. The molecule has 2 aliphatic rings. The van der Waals surface area contributed by atoms with E-state index in [-0.39, 0.29) is 63.4 Å². The summed E-state index contributed by atoms with van der Waals surface area (Å²) in [5.41, 5.74) is -4.53. The summed E-state index contributed by atoms with van der Waals surface area (Å²) in [4.78, 5) is 48.4. The summed E-state index contributed by atoms with van der Waals surface area (Å²) in [6, 6.07) is -0.859. The van der Waals surface area contributed by atoms with Crippen molar-refractivity contribution in [2.24, 2.45) is 0 Å². The Balaban J connectivity index is 1.28. The monoisotopic (exact) mass is 564 g/mol. The van der Waals surface area contributed by atoms with Gasteiger partial charge in [-0.15, -0.1) is 0 Å². The molecular weight excluding hydrogens is 542 g/mol. The first-order valence-electron chi connectivity index (χ1n) is 11.5. The highest BCUT2D eigenvalue weighted by atomic mass is 19.4. The number of likely N-dealkylation sites (N-methyl/N-ethyl adjacent to an activating group) is 1. The molecule has 4 heterocycles. The minimum absolute atomic E-state index is 0.0263. The number of aromatic amines is 1. The third kappa shape index (κ3) is 5.89. The van der Waals surface area contributed by atoms with Crippen molar-refractivity contribution in [3.05, 3.63) is 34.0 Å². The standard InChI is InChI=1S/C21H22F6N8O4/c1-33-17-16(29-9-13(31-17)20(22,23)24)35-5-4-34(10-12(35)19(33)38)14(36)2-6-39-7-3-28-11-8-30-32-18(37)15(11)21(25,26)27/h8-9,12H,2-7,10H2,1H3,(H2,28,32,37). The zero-order valence-electron chi connectivity index (χ0n) is 20.3. The zero-order chi connectivity index (χ0) is 28.5. The fraction of sp³-hybridized carbons (Fsp3) is 0.524. The Morgan fingerprint density at radius 1 is 1.10 bits per heavy atom. The number of halogens is 6. The van der Waals surface area contributed by atoms with Crippen LogP contribution in [0.2, 0.25) is 0 Å². The molecule has 2 amide bonds. The normalized spacial score (nSPS) is 17.7. The number of ether oxygens (including phenoxy) is 1. The summed E-state index contributed by atoms with van der Waals surface area (Å²) >= 11 is 0. The number of amides is 2. The van der Waals surface area contributed by atoms with Crippen LogP contribution >= 0.6 is 0 Å². The average Bonchev–Trinajstić information content (AvgIpc) is 2.87. The first-order valence-corrected chi connectivity index (χ1v) is 11.5. The van der Waals surface area contributed by atoms with E-state index >= 15 is 0 Å². The van der Waals surface area contributed by atoms with Gasteiger partial charge in [-0.25, -0.2) is 15.1 Å². The molecule has 0 spiro atoms. The molecule has 0 aliphatic carbocycles. The average molecular weight is 564 g/mol. The van der Waals surface area contributed by atoms with E-state index in [1.54, 1.807) is 5.10 Å². The van der Waals surface area contributed by atoms with Gasteiger partial charge in [-0.05, 0) is 0 Å². The van der Waals surface area contributed by atoms with E-state index in [0.29, 0.717) is 6.20 Å². The van der Waals surface area contributed by atoms with E-state index in [2.05, 4.69) is 20.4 Å². The smallest absolute Gasteiger partial charge is 0.381 e. The lowest BCUT2D eigenvalue weighted by Crippen LogP contribution is -2.63. The van der Waals surface area contributed by atoms with Crippen LogP contribution in [0.1, 0.15) is 17.7 Å². The molecule has 39 heavy (non-hydrogen) atoms. The Labute approximate surface area is 215 Å². The maximum Gasteiger partial charge on any atom is 0.434 e. The summed E-state index contributed by atoms with van der Waals surface area (Å²) in [6.45, 7) is 0.0489. The molecule has 2 N–H and O–H groups in total. The van der Waals surface area contributed by atoms with E-state index in [1.165, 1.54) is 16.8 Å². The molecule has 212 valence electrons. The van der Waals surface area contributed by atoms with Crippen LogP contribution in [0, 0.1) is 0 Å². The second kappa shape index (κ2) is 10.7. The predicted molar refractivity (Wildman–Crippen MR) is 122 cm³/mol. The van der Waals surface area contributed by atoms with Crippen LogP contribution in [0.25, 0.3) is 0 Å². The van der Waals surface area contributed by atoms with Crippen LogP contribution in [0.5, 0.6) is 0 Å². The number of rotatable bonds is 7. The Kier molecular flexibility index (Phi) is 7.67. The zero-order valence-corrected chi connectivity index (χ0v) is 20.3.